The highest BCUT2D eigenvalue weighted by Crippen LogP contribution is 2.31. The summed E-state index contributed by atoms with van der Waals surface area (Å²) in [6.07, 6.45) is -0.688. The lowest BCUT2D eigenvalue weighted by molar-refractivity contribution is 0.0557. The molecule has 5 nitrogen and oxygen atoms in total. The molecule has 128 valence electrons. The van der Waals surface area contributed by atoms with Crippen LogP contribution in [0.2, 0.25) is 0 Å². The smallest absolute Gasteiger partial charge is 0.161 e. The van der Waals surface area contributed by atoms with Crippen LogP contribution >= 0.6 is 0 Å². The van der Waals surface area contributed by atoms with E-state index >= 15 is 0 Å². The van der Waals surface area contributed by atoms with Gasteiger partial charge in [0.05, 0.1) is 0 Å². The van der Waals surface area contributed by atoms with E-state index in [1.54, 1.807) is 0 Å². The van der Waals surface area contributed by atoms with E-state index in [2.05, 4.69) is 5.32 Å². The molecule has 1 aliphatic rings. The van der Waals surface area contributed by atoms with Crippen molar-refractivity contribution in [3.05, 3.63) is 54.6 Å². The maximum atomic E-state index is 10.1. The Morgan fingerprint density at radius 2 is 1.83 bits per heavy atom. The zero-order valence-electron chi connectivity index (χ0n) is 13.7. The number of hydrogen-bond donors (Lipinski definition) is 2. The summed E-state index contributed by atoms with van der Waals surface area (Å²) in [5.74, 6) is 2.29. The first-order chi connectivity index (χ1) is 11.7. The Labute approximate surface area is 142 Å². The quantitative estimate of drug-likeness (QED) is 0.816. The number of para-hydroxylation sites is 3. The van der Waals surface area contributed by atoms with Crippen LogP contribution in [0.4, 0.5) is 0 Å². The Kier molecular flexibility index (Phi) is 5.56. The molecule has 0 fully saturated rings. The van der Waals surface area contributed by atoms with Gasteiger partial charge in [-0.1, -0.05) is 30.3 Å². The lowest BCUT2D eigenvalue weighted by Crippen LogP contribution is -2.48. The highest BCUT2D eigenvalue weighted by atomic mass is 16.6. The first-order valence-electron chi connectivity index (χ1n) is 8.20. The maximum absolute atomic E-state index is 10.1. The molecule has 1 aliphatic heterocycles. The van der Waals surface area contributed by atoms with Gasteiger partial charge in [-0.25, -0.2) is 0 Å². The molecule has 0 amide bonds. The summed E-state index contributed by atoms with van der Waals surface area (Å²) in [6.45, 7) is 3.18. The highest BCUT2D eigenvalue weighted by molar-refractivity contribution is 5.40. The zero-order chi connectivity index (χ0) is 16.8. The second kappa shape index (κ2) is 8.04. The topological polar surface area (TPSA) is 60.0 Å². The van der Waals surface area contributed by atoms with Crippen molar-refractivity contribution in [2.24, 2.45) is 0 Å². The number of benzene rings is 2. The van der Waals surface area contributed by atoms with Crippen molar-refractivity contribution in [2.75, 3.05) is 19.8 Å². The van der Waals surface area contributed by atoms with Crippen LogP contribution in [0.15, 0.2) is 54.6 Å². The number of rotatable bonds is 7. The van der Waals surface area contributed by atoms with E-state index in [1.165, 1.54) is 0 Å². The molecule has 2 aromatic carbocycles. The summed E-state index contributed by atoms with van der Waals surface area (Å²) in [7, 11) is 0. The van der Waals surface area contributed by atoms with E-state index in [9.17, 15) is 5.11 Å². The van der Waals surface area contributed by atoms with Crippen LogP contribution in [-0.2, 0) is 0 Å². The summed E-state index contributed by atoms with van der Waals surface area (Å²) >= 11 is 0. The van der Waals surface area contributed by atoms with E-state index in [1.807, 2.05) is 61.5 Å². The third-order valence-electron chi connectivity index (χ3n) is 3.95. The molecule has 5 heteroatoms. The van der Waals surface area contributed by atoms with Crippen molar-refractivity contribution in [3.8, 4) is 17.2 Å². The number of aliphatic hydroxyl groups excluding tert-OH is 1. The summed E-state index contributed by atoms with van der Waals surface area (Å²) in [5.41, 5.74) is 0. The summed E-state index contributed by atoms with van der Waals surface area (Å²) in [6, 6.07) is 17.2. The predicted octanol–water partition coefficient (Wildman–Crippen LogP) is 2.24. The molecule has 0 spiro atoms. The van der Waals surface area contributed by atoms with Gasteiger partial charge in [0.2, 0.25) is 0 Å². The third kappa shape index (κ3) is 4.40. The Bertz CT molecular complexity index is 634. The van der Waals surface area contributed by atoms with Crippen molar-refractivity contribution < 1.29 is 19.3 Å². The molecule has 0 radical (unpaired) electrons. The average molecular weight is 329 g/mol. The molecule has 0 aromatic heterocycles. The van der Waals surface area contributed by atoms with Gasteiger partial charge in [-0.15, -0.1) is 0 Å². The van der Waals surface area contributed by atoms with E-state index in [4.69, 9.17) is 14.2 Å². The predicted molar refractivity (Wildman–Crippen MR) is 91.8 cm³/mol. The van der Waals surface area contributed by atoms with Crippen LogP contribution < -0.4 is 19.5 Å². The molecule has 1 heterocycles. The largest absolute Gasteiger partial charge is 0.491 e. The molecule has 0 saturated heterocycles. The minimum absolute atomic E-state index is 0.0460. The van der Waals surface area contributed by atoms with Gasteiger partial charge < -0.3 is 24.6 Å². The average Bonchev–Trinajstić information content (AvgIpc) is 2.65. The summed E-state index contributed by atoms with van der Waals surface area (Å²) < 4.78 is 17.2. The minimum atomic E-state index is -0.593. The molecule has 3 rings (SSSR count). The van der Waals surface area contributed by atoms with E-state index in [0.29, 0.717) is 13.2 Å². The lowest BCUT2D eigenvalue weighted by Gasteiger charge is -2.31. The Hall–Kier alpha value is -2.24. The van der Waals surface area contributed by atoms with E-state index in [0.717, 1.165) is 17.2 Å². The van der Waals surface area contributed by atoms with Gasteiger partial charge in [0.1, 0.15) is 31.2 Å². The van der Waals surface area contributed by atoms with Crippen LogP contribution in [0.1, 0.15) is 6.92 Å². The van der Waals surface area contributed by atoms with Gasteiger partial charge >= 0.3 is 0 Å². The van der Waals surface area contributed by atoms with Gasteiger partial charge in [-0.3, -0.25) is 0 Å². The molecule has 0 bridgehead atoms. The first kappa shape index (κ1) is 16.6. The lowest BCUT2D eigenvalue weighted by atomic mass is 10.1. The number of ether oxygens (including phenoxy) is 3. The monoisotopic (exact) mass is 329 g/mol. The molecule has 3 atom stereocenters. The van der Waals surface area contributed by atoms with Crippen molar-refractivity contribution >= 4 is 0 Å². The van der Waals surface area contributed by atoms with Crippen molar-refractivity contribution in [3.63, 3.8) is 0 Å². The van der Waals surface area contributed by atoms with Crippen molar-refractivity contribution in [1.29, 1.82) is 0 Å². The van der Waals surface area contributed by atoms with Crippen LogP contribution in [0.3, 0.4) is 0 Å². The molecular weight excluding hydrogens is 306 g/mol. The zero-order valence-corrected chi connectivity index (χ0v) is 13.7. The standard InChI is InChI=1S/C19H23NO4/c1-14(19-13-23-17-9-5-6-10-18(17)24-19)20-11-15(21)12-22-16-7-3-2-4-8-16/h2-10,14-15,19-21H,11-13H2,1H3/t14-,15+,19-/m1/s1. The molecule has 24 heavy (non-hydrogen) atoms. The van der Waals surface area contributed by atoms with Gasteiger partial charge in [-0.2, -0.15) is 0 Å². The van der Waals surface area contributed by atoms with Crippen LogP contribution in [-0.4, -0.2) is 43.1 Å². The van der Waals surface area contributed by atoms with Gasteiger partial charge in [0.15, 0.2) is 11.5 Å². The number of fused-ring (bicyclic) bond motifs is 1. The second-order valence-electron chi connectivity index (χ2n) is 5.89. The number of aliphatic hydroxyl groups is 1. The molecule has 0 saturated carbocycles. The third-order valence-corrected chi connectivity index (χ3v) is 3.95. The number of nitrogens with one attached hydrogen (secondary N) is 1. The van der Waals surface area contributed by atoms with Gasteiger partial charge in [0.25, 0.3) is 0 Å². The van der Waals surface area contributed by atoms with Crippen LogP contribution in [0.5, 0.6) is 17.2 Å². The Morgan fingerprint density at radius 3 is 2.62 bits per heavy atom. The fourth-order valence-electron chi connectivity index (χ4n) is 2.50. The fourth-order valence-corrected chi connectivity index (χ4v) is 2.50. The molecule has 2 N–H and O–H groups in total. The molecule has 0 unspecified atom stereocenters. The van der Waals surface area contributed by atoms with E-state index < -0.39 is 6.10 Å². The normalized spacial score (nSPS) is 18.7. The Morgan fingerprint density at radius 1 is 1.12 bits per heavy atom. The second-order valence-corrected chi connectivity index (χ2v) is 5.89. The first-order valence-corrected chi connectivity index (χ1v) is 8.20. The fraction of sp³-hybridized carbons (Fsp3) is 0.368. The number of hydrogen-bond acceptors (Lipinski definition) is 5. The van der Waals surface area contributed by atoms with Gasteiger partial charge in [-0.05, 0) is 31.2 Å². The minimum Gasteiger partial charge on any atom is -0.491 e. The highest BCUT2D eigenvalue weighted by Gasteiger charge is 2.26. The van der Waals surface area contributed by atoms with Crippen LogP contribution in [0, 0.1) is 0 Å². The maximum Gasteiger partial charge on any atom is 0.161 e. The van der Waals surface area contributed by atoms with Crippen LogP contribution in [0.25, 0.3) is 0 Å². The molecule has 2 aromatic rings. The van der Waals surface area contributed by atoms with Crippen molar-refractivity contribution in [2.45, 2.75) is 25.2 Å². The molecular formula is C19H23NO4. The summed E-state index contributed by atoms with van der Waals surface area (Å²) in [5, 5.41) is 13.3. The van der Waals surface area contributed by atoms with E-state index in [-0.39, 0.29) is 18.8 Å². The Balaban J connectivity index is 1.41. The SMILES string of the molecule is C[C@@H](NC[C@H](O)COc1ccccc1)[C@H]1COc2ccccc2O1. The van der Waals surface area contributed by atoms with Crippen molar-refractivity contribution in [1.82, 2.24) is 5.32 Å². The summed E-state index contributed by atoms with van der Waals surface area (Å²) in [4.78, 5) is 0. The molecule has 0 aliphatic carbocycles. The van der Waals surface area contributed by atoms with Gasteiger partial charge in [0, 0.05) is 12.6 Å².